The maximum atomic E-state index is 12.3. The number of hydrogen-bond donors (Lipinski definition) is 2. The van der Waals surface area contributed by atoms with Gasteiger partial charge in [0.25, 0.3) is 5.91 Å². The van der Waals surface area contributed by atoms with Crippen LogP contribution in [-0.4, -0.2) is 31.7 Å². The highest BCUT2D eigenvalue weighted by molar-refractivity contribution is 6.04. The minimum atomic E-state index is -0.232. The lowest BCUT2D eigenvalue weighted by atomic mass is 10.2. The average molecular weight is 315 g/mol. The van der Waals surface area contributed by atoms with E-state index in [1.54, 1.807) is 44.7 Å². The van der Waals surface area contributed by atoms with Crippen LogP contribution >= 0.6 is 0 Å². The molecule has 0 aliphatic carbocycles. The Labute approximate surface area is 135 Å². The highest BCUT2D eigenvalue weighted by atomic mass is 16.5. The van der Waals surface area contributed by atoms with Gasteiger partial charge in [0.05, 0.1) is 25.5 Å². The number of methoxy groups -OCH3 is 2. The fourth-order valence-electron chi connectivity index (χ4n) is 2.05. The van der Waals surface area contributed by atoms with Crippen LogP contribution in [0, 0.1) is 0 Å². The van der Waals surface area contributed by atoms with Crippen LogP contribution in [0.3, 0.4) is 0 Å². The summed E-state index contributed by atoms with van der Waals surface area (Å²) >= 11 is 0. The first-order valence-corrected chi connectivity index (χ1v) is 7.40. The number of nitrogens with zero attached hydrogens (tertiary/aromatic N) is 1. The fourth-order valence-corrected chi connectivity index (χ4v) is 2.05. The van der Waals surface area contributed by atoms with Gasteiger partial charge in [-0.1, -0.05) is 6.92 Å². The minimum absolute atomic E-state index is 0.232. The normalized spacial score (nSPS) is 10.0. The molecule has 0 saturated heterocycles. The molecule has 23 heavy (non-hydrogen) atoms. The number of nitrogens with one attached hydrogen (secondary N) is 2. The summed E-state index contributed by atoms with van der Waals surface area (Å²) in [4.78, 5) is 16.4. The van der Waals surface area contributed by atoms with Crippen molar-refractivity contribution in [1.82, 2.24) is 4.98 Å². The van der Waals surface area contributed by atoms with Gasteiger partial charge in [0.15, 0.2) is 11.5 Å². The Balaban J connectivity index is 2.12. The van der Waals surface area contributed by atoms with E-state index in [1.807, 2.05) is 0 Å². The number of rotatable bonds is 7. The molecule has 0 unspecified atom stereocenters. The number of anilines is 2. The smallest absolute Gasteiger partial charge is 0.257 e. The van der Waals surface area contributed by atoms with Gasteiger partial charge in [-0.15, -0.1) is 0 Å². The first kappa shape index (κ1) is 16.6. The van der Waals surface area contributed by atoms with Gasteiger partial charge in [-0.3, -0.25) is 9.78 Å². The predicted octanol–water partition coefficient (Wildman–Crippen LogP) is 3.17. The Bertz CT molecular complexity index is 674. The zero-order valence-electron chi connectivity index (χ0n) is 13.6. The molecule has 1 aromatic carbocycles. The summed E-state index contributed by atoms with van der Waals surface area (Å²) in [5, 5.41) is 6.03. The Morgan fingerprint density at radius 2 is 1.87 bits per heavy atom. The first-order valence-electron chi connectivity index (χ1n) is 7.40. The third-order valence-electron chi connectivity index (χ3n) is 3.22. The number of carbonyl (C=O) groups is 1. The third kappa shape index (κ3) is 4.35. The third-order valence-corrected chi connectivity index (χ3v) is 3.22. The van der Waals surface area contributed by atoms with Crippen molar-refractivity contribution in [3.63, 3.8) is 0 Å². The van der Waals surface area contributed by atoms with Crippen LogP contribution in [0.1, 0.15) is 23.7 Å². The lowest BCUT2D eigenvalue weighted by molar-refractivity contribution is 0.102. The van der Waals surface area contributed by atoms with Crippen molar-refractivity contribution in [2.24, 2.45) is 0 Å². The molecule has 0 bridgehead atoms. The first-order chi connectivity index (χ1) is 11.2. The van der Waals surface area contributed by atoms with E-state index in [-0.39, 0.29) is 5.91 Å². The van der Waals surface area contributed by atoms with Crippen molar-refractivity contribution < 1.29 is 14.3 Å². The lowest BCUT2D eigenvalue weighted by Crippen LogP contribution is -2.13. The Morgan fingerprint density at radius 1 is 1.09 bits per heavy atom. The Hall–Kier alpha value is -2.76. The molecule has 0 spiro atoms. The van der Waals surface area contributed by atoms with Crippen molar-refractivity contribution in [3.8, 4) is 11.5 Å². The molecule has 1 amide bonds. The Kier molecular flexibility index (Phi) is 5.80. The monoisotopic (exact) mass is 315 g/mol. The van der Waals surface area contributed by atoms with E-state index in [0.717, 1.165) is 18.7 Å². The highest BCUT2D eigenvalue weighted by Crippen LogP contribution is 2.29. The number of ether oxygens (including phenoxy) is 2. The molecular weight excluding hydrogens is 294 g/mol. The van der Waals surface area contributed by atoms with Gasteiger partial charge in [0.1, 0.15) is 0 Å². The predicted molar refractivity (Wildman–Crippen MR) is 90.5 cm³/mol. The topological polar surface area (TPSA) is 72.5 Å². The quantitative estimate of drug-likeness (QED) is 0.821. The molecule has 0 atom stereocenters. The second-order valence-corrected chi connectivity index (χ2v) is 4.91. The van der Waals surface area contributed by atoms with E-state index in [4.69, 9.17) is 9.47 Å². The van der Waals surface area contributed by atoms with Crippen LogP contribution < -0.4 is 20.1 Å². The molecule has 2 N–H and O–H groups in total. The molecular formula is C17H21N3O3. The van der Waals surface area contributed by atoms with Gasteiger partial charge in [-0.05, 0) is 24.6 Å². The van der Waals surface area contributed by atoms with Gasteiger partial charge in [-0.25, -0.2) is 0 Å². The van der Waals surface area contributed by atoms with Crippen LogP contribution in [0.4, 0.5) is 11.4 Å². The van der Waals surface area contributed by atoms with E-state index >= 15 is 0 Å². The summed E-state index contributed by atoms with van der Waals surface area (Å²) in [7, 11) is 3.12. The maximum absolute atomic E-state index is 12.3. The second-order valence-electron chi connectivity index (χ2n) is 4.91. The van der Waals surface area contributed by atoms with Crippen molar-refractivity contribution in [3.05, 3.63) is 42.2 Å². The van der Waals surface area contributed by atoms with Crippen molar-refractivity contribution in [1.29, 1.82) is 0 Å². The summed E-state index contributed by atoms with van der Waals surface area (Å²) < 4.78 is 10.4. The minimum Gasteiger partial charge on any atom is -0.493 e. The molecule has 122 valence electrons. The zero-order valence-corrected chi connectivity index (χ0v) is 13.6. The number of hydrogen-bond acceptors (Lipinski definition) is 5. The molecule has 0 saturated carbocycles. The number of pyridine rings is 1. The SMILES string of the molecule is CCCNc1cncc(C(=O)Nc2ccc(OC)c(OC)c2)c1. The second kappa shape index (κ2) is 8.03. The number of amides is 1. The van der Waals surface area contributed by atoms with E-state index in [0.29, 0.717) is 22.7 Å². The molecule has 0 aliphatic rings. The molecule has 6 nitrogen and oxygen atoms in total. The van der Waals surface area contributed by atoms with Gasteiger partial charge in [0.2, 0.25) is 0 Å². The van der Waals surface area contributed by atoms with Crippen molar-refractivity contribution >= 4 is 17.3 Å². The summed E-state index contributed by atoms with van der Waals surface area (Å²) in [6, 6.07) is 6.99. The van der Waals surface area contributed by atoms with Crippen LogP contribution in [0.2, 0.25) is 0 Å². The lowest BCUT2D eigenvalue weighted by Gasteiger charge is -2.11. The molecule has 0 fully saturated rings. The summed E-state index contributed by atoms with van der Waals surface area (Å²) in [5.74, 6) is 0.935. The van der Waals surface area contributed by atoms with Crippen LogP contribution in [0.25, 0.3) is 0 Å². The molecule has 0 aliphatic heterocycles. The average Bonchev–Trinajstić information content (AvgIpc) is 2.60. The fraction of sp³-hybridized carbons (Fsp3) is 0.294. The molecule has 6 heteroatoms. The largest absolute Gasteiger partial charge is 0.493 e. The number of carbonyl (C=O) groups excluding carboxylic acids is 1. The van der Waals surface area contributed by atoms with Gasteiger partial charge < -0.3 is 20.1 Å². The van der Waals surface area contributed by atoms with Crippen molar-refractivity contribution in [2.45, 2.75) is 13.3 Å². The van der Waals surface area contributed by atoms with Gasteiger partial charge >= 0.3 is 0 Å². The van der Waals surface area contributed by atoms with Gasteiger partial charge in [0, 0.05) is 30.7 Å². The summed E-state index contributed by atoms with van der Waals surface area (Å²) in [6.07, 6.45) is 4.23. The van der Waals surface area contributed by atoms with Gasteiger partial charge in [-0.2, -0.15) is 0 Å². The maximum Gasteiger partial charge on any atom is 0.257 e. The molecule has 1 aromatic heterocycles. The summed E-state index contributed by atoms with van der Waals surface area (Å²) in [5.41, 5.74) is 1.94. The van der Waals surface area contributed by atoms with Crippen molar-refractivity contribution in [2.75, 3.05) is 31.4 Å². The number of aromatic nitrogens is 1. The molecule has 2 rings (SSSR count). The summed E-state index contributed by atoms with van der Waals surface area (Å²) in [6.45, 7) is 2.91. The van der Waals surface area contributed by atoms with Crippen LogP contribution in [-0.2, 0) is 0 Å². The molecule has 1 heterocycles. The highest BCUT2D eigenvalue weighted by Gasteiger charge is 2.10. The van der Waals surface area contributed by atoms with Crippen LogP contribution in [0.15, 0.2) is 36.7 Å². The standard InChI is InChI=1S/C17H21N3O3/c1-4-7-19-14-8-12(10-18-11-14)17(21)20-13-5-6-15(22-2)16(9-13)23-3/h5-6,8-11,19H,4,7H2,1-3H3,(H,20,21). The van der Waals surface area contributed by atoms with E-state index in [2.05, 4.69) is 22.5 Å². The van der Waals surface area contributed by atoms with Crippen LogP contribution in [0.5, 0.6) is 11.5 Å². The Morgan fingerprint density at radius 3 is 2.57 bits per heavy atom. The van der Waals surface area contributed by atoms with E-state index < -0.39 is 0 Å². The van der Waals surface area contributed by atoms with E-state index in [9.17, 15) is 4.79 Å². The molecule has 0 radical (unpaired) electrons. The number of benzene rings is 1. The van der Waals surface area contributed by atoms with E-state index in [1.165, 1.54) is 6.20 Å². The molecule has 2 aromatic rings. The zero-order chi connectivity index (χ0) is 16.7.